The number of aliphatic hydroxyl groups excluding tert-OH is 1. The Morgan fingerprint density at radius 2 is 1.64 bits per heavy atom. The van der Waals surface area contributed by atoms with Crippen LogP contribution in [-0.4, -0.2) is 37.7 Å². The minimum Gasteiger partial charge on any atom is -0.414 e. The van der Waals surface area contributed by atoms with E-state index < -0.39 is 32.6 Å². The SMILES string of the molecule is CC(=O)N[C@](C)(CCc1ccc(C(O)CCCCC(F)(F)F)cc1)CO[Si](C)(C)C(C)(C)C. The first kappa shape index (κ1) is 29.6. The maximum absolute atomic E-state index is 12.2. The normalized spacial score (nSPS) is 15.7. The maximum atomic E-state index is 12.2. The van der Waals surface area contributed by atoms with Gasteiger partial charge >= 0.3 is 6.18 Å². The van der Waals surface area contributed by atoms with Crippen LogP contribution in [0.4, 0.5) is 13.2 Å². The van der Waals surface area contributed by atoms with Gasteiger partial charge in [0.2, 0.25) is 5.91 Å². The zero-order chi connectivity index (χ0) is 25.5. The summed E-state index contributed by atoms with van der Waals surface area (Å²) in [5.74, 6) is -0.0969. The second-order valence-electron chi connectivity index (χ2n) is 10.9. The number of aliphatic hydroxyl groups is 1. The summed E-state index contributed by atoms with van der Waals surface area (Å²) in [6.07, 6.45) is -3.65. The van der Waals surface area contributed by atoms with Crippen molar-refractivity contribution in [2.24, 2.45) is 0 Å². The molecular formula is C25H42F3NO3Si. The first-order chi connectivity index (χ1) is 14.9. The number of rotatable bonds is 12. The Morgan fingerprint density at radius 3 is 2.12 bits per heavy atom. The number of carbonyl (C=O) groups is 1. The van der Waals surface area contributed by atoms with E-state index in [1.807, 2.05) is 31.2 Å². The van der Waals surface area contributed by atoms with Crippen LogP contribution in [0.3, 0.4) is 0 Å². The van der Waals surface area contributed by atoms with Crippen LogP contribution in [0.5, 0.6) is 0 Å². The molecular weight excluding hydrogens is 447 g/mol. The third-order valence-corrected chi connectivity index (χ3v) is 11.0. The van der Waals surface area contributed by atoms with Gasteiger partial charge in [0.25, 0.3) is 0 Å². The number of hydrogen-bond acceptors (Lipinski definition) is 3. The summed E-state index contributed by atoms with van der Waals surface area (Å²) in [4.78, 5) is 11.8. The highest BCUT2D eigenvalue weighted by Crippen LogP contribution is 2.37. The van der Waals surface area contributed by atoms with E-state index in [1.54, 1.807) is 0 Å². The van der Waals surface area contributed by atoms with Gasteiger partial charge in [-0.3, -0.25) is 4.79 Å². The monoisotopic (exact) mass is 489 g/mol. The Labute approximate surface area is 198 Å². The minimum absolute atomic E-state index is 0.0251. The highest BCUT2D eigenvalue weighted by atomic mass is 28.4. The standard InChI is InChI=1S/C25H42F3NO3Si/c1-19(30)29-24(5,18-32-33(6,7)23(2,3)4)17-15-20-11-13-21(14-12-20)22(31)10-8-9-16-25(26,27)28/h11-14,22,31H,8-10,15-18H2,1-7H3,(H,29,30)/t22?,24-/m1/s1. The summed E-state index contributed by atoms with van der Waals surface area (Å²) >= 11 is 0. The zero-order valence-corrected chi connectivity index (χ0v) is 22.2. The van der Waals surface area contributed by atoms with Crippen LogP contribution in [0.1, 0.15) is 84.0 Å². The number of amides is 1. The van der Waals surface area contributed by atoms with Gasteiger partial charge < -0.3 is 14.8 Å². The second-order valence-corrected chi connectivity index (χ2v) is 15.7. The smallest absolute Gasteiger partial charge is 0.389 e. The molecule has 0 fully saturated rings. The van der Waals surface area contributed by atoms with Gasteiger partial charge in [0.15, 0.2) is 8.32 Å². The van der Waals surface area contributed by atoms with Crippen molar-refractivity contribution in [3.05, 3.63) is 35.4 Å². The van der Waals surface area contributed by atoms with Crippen molar-refractivity contribution in [1.82, 2.24) is 5.32 Å². The van der Waals surface area contributed by atoms with Gasteiger partial charge in [-0.1, -0.05) is 51.5 Å². The molecule has 1 aromatic rings. The fourth-order valence-electron chi connectivity index (χ4n) is 3.31. The summed E-state index contributed by atoms with van der Waals surface area (Å²) in [5.41, 5.74) is 1.27. The molecule has 33 heavy (non-hydrogen) atoms. The van der Waals surface area contributed by atoms with E-state index in [9.17, 15) is 23.1 Å². The van der Waals surface area contributed by atoms with E-state index >= 15 is 0 Å². The van der Waals surface area contributed by atoms with Crippen LogP contribution < -0.4 is 5.32 Å². The van der Waals surface area contributed by atoms with Crippen LogP contribution in [0, 0.1) is 0 Å². The predicted octanol–water partition coefficient (Wildman–Crippen LogP) is 6.69. The maximum Gasteiger partial charge on any atom is 0.389 e. The molecule has 2 atom stereocenters. The molecule has 2 N–H and O–H groups in total. The Morgan fingerprint density at radius 1 is 1.06 bits per heavy atom. The predicted molar refractivity (Wildman–Crippen MR) is 130 cm³/mol. The number of carbonyl (C=O) groups excluding carboxylic acids is 1. The van der Waals surface area contributed by atoms with Gasteiger partial charge in [0.1, 0.15) is 0 Å². The van der Waals surface area contributed by atoms with E-state index in [4.69, 9.17) is 4.43 Å². The number of aryl methyl sites for hydroxylation is 1. The van der Waals surface area contributed by atoms with Gasteiger partial charge in [0.05, 0.1) is 18.2 Å². The van der Waals surface area contributed by atoms with E-state index in [1.165, 1.54) is 6.92 Å². The average molecular weight is 490 g/mol. The van der Waals surface area contributed by atoms with E-state index in [0.717, 1.165) is 12.0 Å². The minimum atomic E-state index is -4.14. The topological polar surface area (TPSA) is 58.6 Å². The molecule has 190 valence electrons. The zero-order valence-electron chi connectivity index (χ0n) is 21.2. The molecule has 4 nitrogen and oxygen atoms in total. The van der Waals surface area contributed by atoms with Crippen LogP contribution in [0.15, 0.2) is 24.3 Å². The molecule has 0 aliphatic heterocycles. The Bertz CT molecular complexity index is 745. The largest absolute Gasteiger partial charge is 0.414 e. The highest BCUT2D eigenvalue weighted by molar-refractivity contribution is 6.74. The Hall–Kier alpha value is -1.38. The van der Waals surface area contributed by atoms with Crippen molar-refractivity contribution in [3.63, 3.8) is 0 Å². The number of alkyl halides is 3. The fourth-order valence-corrected chi connectivity index (χ4v) is 4.42. The van der Waals surface area contributed by atoms with Crippen molar-refractivity contribution in [2.45, 2.75) is 109 Å². The van der Waals surface area contributed by atoms with Gasteiger partial charge in [-0.2, -0.15) is 13.2 Å². The molecule has 0 spiro atoms. The van der Waals surface area contributed by atoms with E-state index in [2.05, 4.69) is 39.2 Å². The molecule has 0 saturated heterocycles. The van der Waals surface area contributed by atoms with Crippen LogP contribution >= 0.6 is 0 Å². The summed E-state index contributed by atoms with van der Waals surface area (Å²) in [5, 5.41) is 13.4. The van der Waals surface area contributed by atoms with Crippen LogP contribution in [0.25, 0.3) is 0 Å². The third-order valence-electron chi connectivity index (χ3n) is 6.55. The molecule has 1 rings (SSSR count). The number of benzene rings is 1. The number of hydrogen-bond donors (Lipinski definition) is 2. The van der Waals surface area contributed by atoms with Gasteiger partial charge in [-0.15, -0.1) is 0 Å². The fraction of sp³-hybridized carbons (Fsp3) is 0.720. The van der Waals surface area contributed by atoms with Gasteiger partial charge in [-0.25, -0.2) is 0 Å². The molecule has 0 aromatic heterocycles. The van der Waals surface area contributed by atoms with E-state index in [0.29, 0.717) is 31.4 Å². The summed E-state index contributed by atoms with van der Waals surface area (Å²) in [6, 6.07) is 7.51. The second kappa shape index (κ2) is 11.8. The highest BCUT2D eigenvalue weighted by Gasteiger charge is 2.39. The van der Waals surface area contributed by atoms with Crippen molar-refractivity contribution in [2.75, 3.05) is 6.61 Å². The van der Waals surface area contributed by atoms with Crippen molar-refractivity contribution in [1.29, 1.82) is 0 Å². The Balaban J connectivity index is 2.68. The molecule has 0 radical (unpaired) electrons. The van der Waals surface area contributed by atoms with Crippen molar-refractivity contribution < 1.29 is 27.5 Å². The van der Waals surface area contributed by atoms with Gasteiger partial charge in [0, 0.05) is 13.3 Å². The molecule has 8 heteroatoms. The summed E-state index contributed by atoms with van der Waals surface area (Å²) in [6.45, 7) is 14.9. The number of halogens is 3. The molecule has 1 unspecified atom stereocenters. The quantitative estimate of drug-likeness (QED) is 0.254. The molecule has 1 amide bonds. The Kier molecular flexibility index (Phi) is 10.6. The lowest BCUT2D eigenvalue weighted by molar-refractivity contribution is -0.135. The lowest BCUT2D eigenvalue weighted by Gasteiger charge is -2.40. The van der Waals surface area contributed by atoms with Crippen molar-refractivity contribution >= 4 is 14.2 Å². The molecule has 0 heterocycles. The number of nitrogens with one attached hydrogen (secondary N) is 1. The van der Waals surface area contributed by atoms with E-state index in [-0.39, 0.29) is 17.4 Å². The average Bonchev–Trinajstić information content (AvgIpc) is 2.66. The molecule has 0 aliphatic rings. The van der Waals surface area contributed by atoms with Crippen LogP contribution in [0.2, 0.25) is 18.1 Å². The molecule has 0 saturated carbocycles. The third kappa shape index (κ3) is 11.1. The van der Waals surface area contributed by atoms with Crippen molar-refractivity contribution in [3.8, 4) is 0 Å². The van der Waals surface area contributed by atoms with Crippen LogP contribution in [-0.2, 0) is 15.6 Å². The lowest BCUT2D eigenvalue weighted by atomic mass is 9.93. The summed E-state index contributed by atoms with van der Waals surface area (Å²) in [7, 11) is -1.96. The number of unbranched alkanes of at least 4 members (excludes halogenated alkanes) is 1. The molecule has 0 aliphatic carbocycles. The first-order valence-electron chi connectivity index (χ1n) is 11.7. The summed E-state index contributed by atoms with van der Waals surface area (Å²) < 4.78 is 43.1. The molecule has 0 bridgehead atoms. The molecule has 1 aromatic carbocycles. The first-order valence-corrected chi connectivity index (χ1v) is 14.6. The lowest BCUT2D eigenvalue weighted by Crippen LogP contribution is -2.53. The van der Waals surface area contributed by atoms with Gasteiger partial charge in [-0.05, 0) is 61.9 Å².